The predicted octanol–water partition coefficient (Wildman–Crippen LogP) is 2.74. The van der Waals surface area contributed by atoms with Gasteiger partial charge in [0.05, 0.1) is 17.4 Å². The van der Waals surface area contributed by atoms with E-state index in [0.29, 0.717) is 6.04 Å². The maximum atomic E-state index is 4.51. The van der Waals surface area contributed by atoms with Gasteiger partial charge in [-0.05, 0) is 43.7 Å². The molecule has 2 aromatic rings. The van der Waals surface area contributed by atoms with Gasteiger partial charge in [0.25, 0.3) is 0 Å². The summed E-state index contributed by atoms with van der Waals surface area (Å²) in [7, 11) is 0. The topological polar surface area (TPSA) is 29.9 Å². The van der Waals surface area contributed by atoms with E-state index in [4.69, 9.17) is 0 Å². The number of fused-ring (bicyclic) bond motifs is 1. The Balaban J connectivity index is 1.54. The van der Waals surface area contributed by atoms with Crippen LogP contribution in [0.1, 0.15) is 31.7 Å². The van der Waals surface area contributed by atoms with Crippen LogP contribution in [0.15, 0.2) is 30.6 Å². The Morgan fingerprint density at radius 3 is 2.83 bits per heavy atom. The molecule has 0 aliphatic heterocycles. The number of nitrogens with one attached hydrogen (secondary N) is 1. The van der Waals surface area contributed by atoms with Crippen molar-refractivity contribution in [3.63, 3.8) is 0 Å². The average molecular weight is 241 g/mol. The smallest absolute Gasteiger partial charge is 0.0961 e. The fourth-order valence-corrected chi connectivity index (χ4v) is 3.00. The summed E-state index contributed by atoms with van der Waals surface area (Å²) in [5.74, 6) is 0.795. The molecule has 0 spiro atoms. The van der Waals surface area contributed by atoms with E-state index in [0.717, 1.165) is 17.5 Å². The van der Waals surface area contributed by atoms with Crippen LogP contribution in [-0.2, 0) is 0 Å². The number of para-hydroxylation sites is 2. The lowest BCUT2D eigenvalue weighted by molar-refractivity contribution is 0.181. The summed E-state index contributed by atoms with van der Waals surface area (Å²) in [5.41, 5.74) is 2.41. The van der Waals surface area contributed by atoms with Gasteiger partial charge in [-0.1, -0.05) is 12.1 Å². The largest absolute Gasteiger partial charge is 0.327 e. The van der Waals surface area contributed by atoms with Crippen LogP contribution in [0.3, 0.4) is 0 Å². The molecule has 0 amide bonds. The van der Waals surface area contributed by atoms with Crippen molar-refractivity contribution in [1.29, 1.82) is 0 Å². The number of benzene rings is 1. The van der Waals surface area contributed by atoms with Crippen molar-refractivity contribution in [3.8, 4) is 0 Å². The molecule has 1 heterocycles. The van der Waals surface area contributed by atoms with E-state index in [1.807, 2.05) is 6.33 Å². The number of hydrogen-bond donors (Lipinski definition) is 1. The molecular formula is C15H19N3. The molecule has 0 saturated heterocycles. The number of imidazole rings is 1. The van der Waals surface area contributed by atoms with Crippen molar-refractivity contribution < 1.29 is 0 Å². The van der Waals surface area contributed by atoms with E-state index in [1.165, 1.54) is 37.7 Å². The van der Waals surface area contributed by atoms with Crippen molar-refractivity contribution in [2.45, 2.75) is 37.8 Å². The highest BCUT2D eigenvalue weighted by Crippen LogP contribution is 2.40. The fraction of sp³-hybridized carbons (Fsp3) is 0.533. The molecule has 3 heteroatoms. The molecule has 1 aromatic heterocycles. The van der Waals surface area contributed by atoms with E-state index >= 15 is 0 Å². The lowest BCUT2D eigenvalue weighted by Crippen LogP contribution is -2.37. The minimum atomic E-state index is 0.656. The molecule has 2 unspecified atom stereocenters. The molecule has 18 heavy (non-hydrogen) atoms. The van der Waals surface area contributed by atoms with E-state index in [1.54, 1.807) is 0 Å². The number of nitrogens with zero attached hydrogens (tertiary/aromatic N) is 2. The highest BCUT2D eigenvalue weighted by atomic mass is 15.1. The van der Waals surface area contributed by atoms with Crippen LogP contribution >= 0.6 is 0 Å². The summed E-state index contributed by atoms with van der Waals surface area (Å²) in [6, 6.07) is 9.94. The van der Waals surface area contributed by atoms with E-state index < -0.39 is 0 Å². The lowest BCUT2D eigenvalue weighted by Gasteiger charge is -2.38. The third-order valence-corrected chi connectivity index (χ3v) is 4.46. The molecule has 4 rings (SSSR count). The van der Waals surface area contributed by atoms with Crippen LogP contribution in [0.5, 0.6) is 0 Å². The van der Waals surface area contributed by atoms with Gasteiger partial charge in [0.2, 0.25) is 0 Å². The molecule has 0 bridgehead atoms. The van der Waals surface area contributed by atoms with E-state index in [-0.39, 0.29) is 0 Å². The van der Waals surface area contributed by atoms with Gasteiger partial charge in [0.15, 0.2) is 0 Å². The SMILES string of the molecule is c1ccc2c(c1)ncn2C1CCC1CNC1CC1. The molecule has 3 nitrogen and oxygen atoms in total. The first-order valence-corrected chi connectivity index (χ1v) is 7.07. The van der Waals surface area contributed by atoms with Crippen LogP contribution in [0.25, 0.3) is 11.0 Å². The second-order valence-corrected chi connectivity index (χ2v) is 5.73. The summed E-state index contributed by atoms with van der Waals surface area (Å²) in [6.45, 7) is 1.18. The van der Waals surface area contributed by atoms with Gasteiger partial charge in [-0.15, -0.1) is 0 Å². The molecule has 2 aliphatic rings. The van der Waals surface area contributed by atoms with Gasteiger partial charge in [-0.2, -0.15) is 0 Å². The monoisotopic (exact) mass is 241 g/mol. The molecule has 2 aliphatic carbocycles. The first-order chi connectivity index (χ1) is 8.92. The zero-order valence-electron chi connectivity index (χ0n) is 10.5. The summed E-state index contributed by atoms with van der Waals surface area (Å²) in [4.78, 5) is 4.51. The number of rotatable bonds is 4. The Morgan fingerprint density at radius 1 is 1.17 bits per heavy atom. The first kappa shape index (κ1) is 10.6. The lowest BCUT2D eigenvalue weighted by atomic mass is 9.79. The Bertz CT molecular complexity index is 556. The quantitative estimate of drug-likeness (QED) is 0.892. The van der Waals surface area contributed by atoms with Crippen LogP contribution < -0.4 is 5.32 Å². The zero-order valence-corrected chi connectivity index (χ0v) is 10.5. The molecule has 2 saturated carbocycles. The van der Waals surface area contributed by atoms with Crippen LogP contribution in [0.4, 0.5) is 0 Å². The minimum Gasteiger partial charge on any atom is -0.327 e. The van der Waals surface area contributed by atoms with Gasteiger partial charge in [-0.25, -0.2) is 4.98 Å². The van der Waals surface area contributed by atoms with Gasteiger partial charge >= 0.3 is 0 Å². The molecule has 2 fully saturated rings. The Kier molecular flexibility index (Phi) is 2.40. The second kappa shape index (κ2) is 4.09. The van der Waals surface area contributed by atoms with Crippen molar-refractivity contribution in [2.24, 2.45) is 5.92 Å². The molecule has 2 atom stereocenters. The molecule has 1 aromatic carbocycles. The third-order valence-electron chi connectivity index (χ3n) is 4.46. The van der Waals surface area contributed by atoms with Crippen LogP contribution in [-0.4, -0.2) is 22.1 Å². The Labute approximate surface area is 107 Å². The van der Waals surface area contributed by atoms with Crippen molar-refractivity contribution in [2.75, 3.05) is 6.54 Å². The minimum absolute atomic E-state index is 0.656. The highest BCUT2D eigenvalue weighted by Gasteiger charge is 2.34. The third kappa shape index (κ3) is 1.74. The van der Waals surface area contributed by atoms with Gasteiger partial charge in [0.1, 0.15) is 0 Å². The maximum Gasteiger partial charge on any atom is 0.0961 e. The Morgan fingerprint density at radius 2 is 2.06 bits per heavy atom. The van der Waals surface area contributed by atoms with Crippen molar-refractivity contribution in [1.82, 2.24) is 14.9 Å². The summed E-state index contributed by atoms with van der Waals surface area (Å²) in [5, 5.41) is 3.66. The van der Waals surface area contributed by atoms with Crippen molar-refractivity contribution >= 4 is 11.0 Å². The van der Waals surface area contributed by atoms with Crippen molar-refractivity contribution in [3.05, 3.63) is 30.6 Å². The summed E-state index contributed by atoms with van der Waals surface area (Å²) >= 11 is 0. The maximum absolute atomic E-state index is 4.51. The predicted molar refractivity (Wildman–Crippen MR) is 72.5 cm³/mol. The van der Waals surface area contributed by atoms with Crippen LogP contribution in [0, 0.1) is 5.92 Å². The highest BCUT2D eigenvalue weighted by molar-refractivity contribution is 5.75. The Hall–Kier alpha value is -1.35. The van der Waals surface area contributed by atoms with Gasteiger partial charge in [0, 0.05) is 18.6 Å². The molecule has 1 N–H and O–H groups in total. The van der Waals surface area contributed by atoms with Gasteiger partial charge < -0.3 is 9.88 Å². The first-order valence-electron chi connectivity index (χ1n) is 7.07. The average Bonchev–Trinajstić information content (AvgIpc) is 3.10. The molecule has 0 radical (unpaired) electrons. The summed E-state index contributed by atoms with van der Waals surface area (Å²) in [6.07, 6.45) is 7.45. The number of aromatic nitrogens is 2. The number of hydrogen-bond acceptors (Lipinski definition) is 2. The fourth-order valence-electron chi connectivity index (χ4n) is 3.00. The van der Waals surface area contributed by atoms with Gasteiger partial charge in [-0.3, -0.25) is 0 Å². The summed E-state index contributed by atoms with van der Waals surface area (Å²) < 4.78 is 2.39. The van der Waals surface area contributed by atoms with Crippen LogP contribution in [0.2, 0.25) is 0 Å². The standard InChI is InChI=1S/C15H19N3/c1-2-4-15-13(3-1)17-10-18(15)14-8-5-11(14)9-16-12-6-7-12/h1-4,10-12,14,16H,5-9H2. The second-order valence-electron chi connectivity index (χ2n) is 5.73. The zero-order chi connectivity index (χ0) is 11.9. The molecule has 94 valence electrons. The normalized spacial score (nSPS) is 27.3. The van der Waals surface area contributed by atoms with E-state index in [2.05, 4.69) is 39.1 Å². The molecular weight excluding hydrogens is 222 g/mol. The van der Waals surface area contributed by atoms with E-state index in [9.17, 15) is 0 Å².